The molecule has 0 amide bonds. The second kappa shape index (κ2) is 4.86. The maximum absolute atomic E-state index is 4.66. The molecule has 1 fully saturated rings. The van der Waals surface area contributed by atoms with E-state index >= 15 is 0 Å². The number of nitrogens with zero attached hydrogens (tertiary/aromatic N) is 5. The number of hydrogen-bond donors (Lipinski definition) is 0. The molecule has 1 saturated heterocycles. The van der Waals surface area contributed by atoms with Gasteiger partial charge in [0.2, 0.25) is 0 Å². The smallest absolute Gasteiger partial charge is 0.155 e. The van der Waals surface area contributed by atoms with Gasteiger partial charge in [0.25, 0.3) is 0 Å². The van der Waals surface area contributed by atoms with Crippen LogP contribution >= 0.6 is 0 Å². The van der Waals surface area contributed by atoms with E-state index in [9.17, 15) is 0 Å². The van der Waals surface area contributed by atoms with Gasteiger partial charge in [-0.25, -0.2) is 9.50 Å². The molecule has 5 rings (SSSR count). The van der Waals surface area contributed by atoms with Crippen LogP contribution in [0.3, 0.4) is 0 Å². The molecule has 0 radical (unpaired) electrons. The minimum absolute atomic E-state index is 0.471. The largest absolute Gasteiger partial charge is 0.289 e. The molecular weight excluding hydrogens is 286 g/mol. The van der Waals surface area contributed by atoms with Crippen molar-refractivity contribution < 1.29 is 0 Å². The van der Waals surface area contributed by atoms with Crippen molar-refractivity contribution in [1.82, 2.24) is 24.5 Å². The van der Waals surface area contributed by atoms with Crippen molar-refractivity contribution in [3.05, 3.63) is 59.3 Å². The molecule has 2 aliphatic rings. The topological polar surface area (TPSA) is 46.3 Å². The molecule has 2 atom stereocenters. The first kappa shape index (κ1) is 13.2. The Hall–Kier alpha value is -2.27. The maximum Gasteiger partial charge on any atom is 0.155 e. The lowest BCUT2D eigenvalue weighted by Gasteiger charge is -2.36. The van der Waals surface area contributed by atoms with Crippen LogP contribution in [0.2, 0.25) is 0 Å². The Morgan fingerprint density at radius 3 is 2.96 bits per heavy atom. The Morgan fingerprint density at radius 2 is 2.09 bits per heavy atom. The third-order valence-electron chi connectivity index (χ3n) is 5.28. The molecule has 0 spiro atoms. The molecule has 5 heteroatoms. The molecule has 3 aromatic rings. The van der Waals surface area contributed by atoms with Crippen LogP contribution in [0.4, 0.5) is 0 Å². The first-order valence-corrected chi connectivity index (χ1v) is 8.28. The van der Waals surface area contributed by atoms with Crippen LogP contribution in [0, 0.1) is 6.92 Å². The number of fused-ring (bicyclic) bond motifs is 6. The zero-order valence-electron chi connectivity index (χ0n) is 13.2. The Balaban J connectivity index is 1.56. The predicted molar refractivity (Wildman–Crippen MR) is 87.0 cm³/mol. The summed E-state index contributed by atoms with van der Waals surface area (Å²) in [5.74, 6) is 0. The molecule has 5 heterocycles. The van der Waals surface area contributed by atoms with Crippen LogP contribution in [0.25, 0.3) is 5.65 Å². The maximum atomic E-state index is 4.66. The lowest BCUT2D eigenvalue weighted by molar-refractivity contribution is 0.165. The van der Waals surface area contributed by atoms with Crippen LogP contribution in [-0.4, -0.2) is 30.5 Å². The lowest BCUT2D eigenvalue weighted by atomic mass is 9.98. The molecule has 0 unspecified atom stereocenters. The Morgan fingerprint density at radius 1 is 1.22 bits per heavy atom. The molecule has 0 N–H and O–H groups in total. The molecule has 116 valence electrons. The van der Waals surface area contributed by atoms with Crippen LogP contribution in [-0.2, 0) is 13.0 Å². The van der Waals surface area contributed by atoms with Crippen LogP contribution in [0.5, 0.6) is 0 Å². The van der Waals surface area contributed by atoms with Crippen molar-refractivity contribution in [2.75, 3.05) is 0 Å². The number of hydrogen-bond acceptors (Lipinski definition) is 4. The normalized spacial score (nSPS) is 23.3. The molecule has 0 aromatic carbocycles. The van der Waals surface area contributed by atoms with Gasteiger partial charge in [-0.3, -0.25) is 9.88 Å². The van der Waals surface area contributed by atoms with Crippen LogP contribution in [0.15, 0.2) is 36.8 Å². The predicted octanol–water partition coefficient (Wildman–Crippen LogP) is 2.69. The minimum Gasteiger partial charge on any atom is -0.289 e. The summed E-state index contributed by atoms with van der Waals surface area (Å²) in [5.41, 5.74) is 6.08. The molecule has 2 bridgehead atoms. The van der Waals surface area contributed by atoms with E-state index in [1.54, 1.807) is 0 Å². The fourth-order valence-electron chi connectivity index (χ4n) is 4.24. The van der Waals surface area contributed by atoms with Gasteiger partial charge in [0.05, 0.1) is 11.4 Å². The summed E-state index contributed by atoms with van der Waals surface area (Å²) in [6.07, 6.45) is 9.39. The zero-order chi connectivity index (χ0) is 15.4. The Labute approximate surface area is 135 Å². The van der Waals surface area contributed by atoms with E-state index < -0.39 is 0 Å². The second-order valence-corrected chi connectivity index (χ2v) is 6.69. The van der Waals surface area contributed by atoms with Gasteiger partial charge < -0.3 is 0 Å². The van der Waals surface area contributed by atoms with Crippen LogP contribution < -0.4 is 0 Å². The molecule has 2 aliphatic heterocycles. The fraction of sp³-hybridized carbons (Fsp3) is 0.389. The highest BCUT2D eigenvalue weighted by Crippen LogP contribution is 2.44. The van der Waals surface area contributed by atoms with Gasteiger partial charge in [-0.2, -0.15) is 5.10 Å². The quantitative estimate of drug-likeness (QED) is 0.730. The van der Waals surface area contributed by atoms with Gasteiger partial charge in [0, 0.05) is 55.3 Å². The molecule has 5 nitrogen and oxygen atoms in total. The summed E-state index contributed by atoms with van der Waals surface area (Å²) >= 11 is 0. The van der Waals surface area contributed by atoms with Crippen molar-refractivity contribution in [2.45, 2.75) is 44.8 Å². The monoisotopic (exact) mass is 305 g/mol. The zero-order valence-corrected chi connectivity index (χ0v) is 13.2. The summed E-state index contributed by atoms with van der Waals surface area (Å²) in [5, 5.41) is 4.66. The van der Waals surface area contributed by atoms with Crippen LogP contribution in [0.1, 0.15) is 41.4 Å². The van der Waals surface area contributed by atoms with Gasteiger partial charge in [-0.1, -0.05) is 0 Å². The Bertz CT molecular complexity index is 870. The lowest BCUT2D eigenvalue weighted by Crippen LogP contribution is -2.38. The highest BCUT2D eigenvalue weighted by atomic mass is 15.3. The average Bonchev–Trinajstić information content (AvgIpc) is 3.07. The van der Waals surface area contributed by atoms with Gasteiger partial charge in [-0.05, 0) is 37.5 Å². The Kier molecular flexibility index (Phi) is 2.79. The van der Waals surface area contributed by atoms with Crippen molar-refractivity contribution in [1.29, 1.82) is 0 Å². The van der Waals surface area contributed by atoms with E-state index in [1.165, 1.54) is 29.7 Å². The van der Waals surface area contributed by atoms with E-state index in [2.05, 4.69) is 48.9 Å². The third-order valence-corrected chi connectivity index (χ3v) is 5.28. The number of aromatic nitrogens is 4. The summed E-state index contributed by atoms with van der Waals surface area (Å²) in [6.45, 7) is 3.03. The number of pyridine rings is 1. The van der Waals surface area contributed by atoms with Gasteiger partial charge in [-0.15, -0.1) is 0 Å². The average molecular weight is 305 g/mol. The summed E-state index contributed by atoms with van der Waals surface area (Å²) in [7, 11) is 0. The molecule has 23 heavy (non-hydrogen) atoms. The van der Waals surface area contributed by atoms with Gasteiger partial charge in [0.15, 0.2) is 5.65 Å². The SMILES string of the molecule is Cc1cc2ncc3c(n2n1)C[C@@H]1CC[C@@H]3N1Cc1ccncc1. The van der Waals surface area contributed by atoms with Crippen molar-refractivity contribution in [3.8, 4) is 0 Å². The molecule has 0 aliphatic carbocycles. The highest BCUT2D eigenvalue weighted by molar-refractivity contribution is 5.44. The van der Waals surface area contributed by atoms with E-state index in [0.717, 1.165) is 24.3 Å². The third kappa shape index (κ3) is 2.00. The fourth-order valence-corrected chi connectivity index (χ4v) is 4.24. The highest BCUT2D eigenvalue weighted by Gasteiger charge is 2.41. The summed E-state index contributed by atoms with van der Waals surface area (Å²) < 4.78 is 2.07. The van der Waals surface area contributed by atoms with Crippen molar-refractivity contribution in [3.63, 3.8) is 0 Å². The summed E-state index contributed by atoms with van der Waals surface area (Å²) in [4.78, 5) is 11.4. The molecule has 0 saturated carbocycles. The first-order valence-electron chi connectivity index (χ1n) is 8.28. The molecule has 3 aromatic heterocycles. The summed E-state index contributed by atoms with van der Waals surface area (Å²) in [6, 6.07) is 7.38. The van der Waals surface area contributed by atoms with Gasteiger partial charge in [0.1, 0.15) is 0 Å². The van der Waals surface area contributed by atoms with Crippen molar-refractivity contribution >= 4 is 5.65 Å². The number of rotatable bonds is 2. The first-order chi connectivity index (χ1) is 11.3. The van der Waals surface area contributed by atoms with E-state index in [-0.39, 0.29) is 0 Å². The standard InChI is InChI=1S/C18H19N5/c1-12-8-18-20-10-15-16-3-2-14(9-17(15)23(18)21-12)22(16)11-13-4-6-19-7-5-13/h4-8,10,14,16H,2-3,9,11H2,1H3/t14-,16-/m0/s1. The minimum atomic E-state index is 0.471. The van der Waals surface area contributed by atoms with E-state index in [4.69, 9.17) is 0 Å². The molecular formula is C18H19N5. The van der Waals surface area contributed by atoms with E-state index in [1.807, 2.05) is 19.3 Å². The van der Waals surface area contributed by atoms with Crippen molar-refractivity contribution in [2.24, 2.45) is 0 Å². The second-order valence-electron chi connectivity index (χ2n) is 6.69. The number of aryl methyl sites for hydroxylation is 1. The van der Waals surface area contributed by atoms with Gasteiger partial charge >= 0.3 is 0 Å². The van der Waals surface area contributed by atoms with E-state index in [0.29, 0.717) is 12.1 Å².